The average molecular weight is 332 g/mol. The van der Waals surface area contributed by atoms with Crippen molar-refractivity contribution in [1.29, 1.82) is 0 Å². The molecule has 6 heteroatoms. The fourth-order valence-electron chi connectivity index (χ4n) is 3.00. The van der Waals surface area contributed by atoms with E-state index in [-0.39, 0.29) is 23.8 Å². The van der Waals surface area contributed by atoms with Crippen LogP contribution in [0.15, 0.2) is 18.2 Å². The first-order valence-electron chi connectivity index (χ1n) is 8.43. The zero-order chi connectivity index (χ0) is 17.1. The van der Waals surface area contributed by atoms with Gasteiger partial charge < -0.3 is 19.7 Å². The van der Waals surface area contributed by atoms with Gasteiger partial charge in [0.05, 0.1) is 14.2 Å². The number of rotatable bonds is 5. The van der Waals surface area contributed by atoms with Gasteiger partial charge in [0.15, 0.2) is 0 Å². The number of hydrogen-bond acceptors (Lipinski definition) is 4. The maximum Gasteiger partial charge on any atom is 0.254 e. The highest BCUT2D eigenvalue weighted by atomic mass is 16.5. The second-order valence-corrected chi connectivity index (χ2v) is 6.45. The molecule has 1 N–H and O–H groups in total. The third-order valence-electron chi connectivity index (χ3n) is 4.68. The smallest absolute Gasteiger partial charge is 0.254 e. The number of amides is 2. The van der Waals surface area contributed by atoms with E-state index in [4.69, 9.17) is 9.47 Å². The second kappa shape index (κ2) is 7.11. The van der Waals surface area contributed by atoms with Gasteiger partial charge in [0, 0.05) is 36.7 Å². The van der Waals surface area contributed by atoms with Gasteiger partial charge in [-0.25, -0.2) is 0 Å². The van der Waals surface area contributed by atoms with Gasteiger partial charge in [0.2, 0.25) is 5.91 Å². The maximum atomic E-state index is 12.7. The minimum atomic E-state index is -0.0285. The van der Waals surface area contributed by atoms with Gasteiger partial charge in [-0.15, -0.1) is 0 Å². The highest BCUT2D eigenvalue weighted by molar-refractivity contribution is 5.95. The molecule has 130 valence electrons. The van der Waals surface area contributed by atoms with Crippen molar-refractivity contribution in [2.24, 2.45) is 5.92 Å². The summed E-state index contributed by atoms with van der Waals surface area (Å²) >= 11 is 0. The van der Waals surface area contributed by atoms with E-state index >= 15 is 0 Å². The molecule has 0 bridgehead atoms. The van der Waals surface area contributed by atoms with Crippen molar-refractivity contribution in [2.75, 3.05) is 27.3 Å². The Bertz CT molecular complexity index is 597. The van der Waals surface area contributed by atoms with Crippen LogP contribution in [0.4, 0.5) is 0 Å². The number of ether oxygens (including phenoxy) is 2. The number of carbonyl (C=O) groups excluding carboxylic acids is 2. The molecule has 1 aliphatic heterocycles. The van der Waals surface area contributed by atoms with E-state index < -0.39 is 0 Å². The summed E-state index contributed by atoms with van der Waals surface area (Å²) in [4.78, 5) is 26.4. The summed E-state index contributed by atoms with van der Waals surface area (Å²) in [7, 11) is 3.13. The van der Waals surface area contributed by atoms with Gasteiger partial charge in [-0.05, 0) is 37.8 Å². The molecule has 0 aromatic heterocycles. The molecule has 1 heterocycles. The van der Waals surface area contributed by atoms with Crippen LogP contribution in [0.1, 0.15) is 36.0 Å². The van der Waals surface area contributed by atoms with Crippen LogP contribution in [-0.2, 0) is 4.79 Å². The Kier molecular flexibility index (Phi) is 4.92. The molecule has 3 rings (SSSR count). The highest BCUT2D eigenvalue weighted by Gasteiger charge is 2.32. The van der Waals surface area contributed by atoms with Crippen LogP contribution < -0.4 is 14.8 Å². The summed E-state index contributed by atoms with van der Waals surface area (Å²) < 4.78 is 10.5. The van der Waals surface area contributed by atoms with Gasteiger partial charge in [-0.2, -0.15) is 0 Å². The lowest BCUT2D eigenvalue weighted by Gasteiger charge is -2.32. The minimum Gasteiger partial charge on any atom is -0.497 e. The summed E-state index contributed by atoms with van der Waals surface area (Å²) in [6.07, 6.45) is 3.62. The number of likely N-dealkylation sites (tertiary alicyclic amines) is 1. The zero-order valence-corrected chi connectivity index (χ0v) is 14.2. The van der Waals surface area contributed by atoms with Crippen molar-refractivity contribution in [3.63, 3.8) is 0 Å². The van der Waals surface area contributed by atoms with Gasteiger partial charge in [0.1, 0.15) is 11.5 Å². The Balaban J connectivity index is 1.59. The number of carbonyl (C=O) groups is 2. The number of methoxy groups -OCH3 is 2. The molecule has 1 saturated carbocycles. The van der Waals surface area contributed by atoms with Crippen LogP contribution in [0.25, 0.3) is 0 Å². The Hall–Kier alpha value is -2.24. The van der Waals surface area contributed by atoms with Gasteiger partial charge in [0.25, 0.3) is 5.91 Å². The van der Waals surface area contributed by atoms with Gasteiger partial charge >= 0.3 is 0 Å². The molecule has 1 aromatic carbocycles. The molecule has 1 saturated heterocycles. The normalized spacial score (nSPS) is 18.2. The van der Waals surface area contributed by atoms with Crippen molar-refractivity contribution < 1.29 is 19.1 Å². The van der Waals surface area contributed by atoms with E-state index in [0.717, 1.165) is 25.7 Å². The van der Waals surface area contributed by atoms with E-state index in [0.29, 0.717) is 30.2 Å². The van der Waals surface area contributed by atoms with E-state index in [1.54, 1.807) is 32.4 Å². The minimum absolute atomic E-state index is 0.0285. The van der Waals surface area contributed by atoms with E-state index in [9.17, 15) is 9.59 Å². The molecular formula is C18H24N2O4. The fourth-order valence-corrected chi connectivity index (χ4v) is 3.00. The maximum absolute atomic E-state index is 12.7. The topological polar surface area (TPSA) is 67.9 Å². The lowest BCUT2D eigenvalue weighted by Crippen LogP contribution is -2.46. The number of benzene rings is 1. The Morgan fingerprint density at radius 1 is 1.00 bits per heavy atom. The zero-order valence-electron chi connectivity index (χ0n) is 14.2. The molecule has 1 aliphatic carbocycles. The molecule has 0 atom stereocenters. The molecule has 6 nitrogen and oxygen atoms in total. The lowest BCUT2D eigenvalue weighted by molar-refractivity contribution is -0.123. The third kappa shape index (κ3) is 3.80. The molecule has 0 spiro atoms. The van der Waals surface area contributed by atoms with Gasteiger partial charge in [-0.1, -0.05) is 0 Å². The first-order chi connectivity index (χ1) is 11.6. The summed E-state index contributed by atoms with van der Waals surface area (Å²) in [5, 5.41) is 3.10. The number of nitrogens with zero attached hydrogens (tertiary/aromatic N) is 1. The van der Waals surface area contributed by atoms with E-state index in [1.165, 1.54) is 0 Å². The molecule has 2 fully saturated rings. The third-order valence-corrected chi connectivity index (χ3v) is 4.68. The Labute approximate surface area is 142 Å². The quantitative estimate of drug-likeness (QED) is 0.893. The summed E-state index contributed by atoms with van der Waals surface area (Å²) in [5.41, 5.74) is 0.562. The first-order valence-corrected chi connectivity index (χ1v) is 8.43. The van der Waals surface area contributed by atoms with Crippen LogP contribution in [0.5, 0.6) is 11.5 Å². The van der Waals surface area contributed by atoms with Crippen LogP contribution in [-0.4, -0.2) is 50.1 Å². The molecule has 2 aliphatic rings. The molecule has 0 unspecified atom stereocenters. The fraction of sp³-hybridized carbons (Fsp3) is 0.556. The van der Waals surface area contributed by atoms with Crippen molar-refractivity contribution in [3.05, 3.63) is 23.8 Å². The Morgan fingerprint density at radius 3 is 2.08 bits per heavy atom. The lowest BCUT2D eigenvalue weighted by atomic mass is 10.0. The van der Waals surface area contributed by atoms with Crippen LogP contribution in [0, 0.1) is 5.92 Å². The van der Waals surface area contributed by atoms with Gasteiger partial charge in [-0.3, -0.25) is 9.59 Å². The largest absolute Gasteiger partial charge is 0.497 e. The van der Waals surface area contributed by atoms with Crippen LogP contribution in [0.3, 0.4) is 0 Å². The average Bonchev–Trinajstić information content (AvgIpc) is 3.46. The molecule has 0 radical (unpaired) electrons. The van der Waals surface area contributed by atoms with Crippen LogP contribution >= 0.6 is 0 Å². The summed E-state index contributed by atoms with van der Waals surface area (Å²) in [6, 6.07) is 5.38. The van der Waals surface area contributed by atoms with Crippen molar-refractivity contribution >= 4 is 11.8 Å². The molecule has 1 aromatic rings. The van der Waals surface area contributed by atoms with Crippen molar-refractivity contribution in [2.45, 2.75) is 31.7 Å². The van der Waals surface area contributed by atoms with E-state index in [1.807, 2.05) is 4.90 Å². The summed E-state index contributed by atoms with van der Waals surface area (Å²) in [6.45, 7) is 1.29. The SMILES string of the molecule is COc1cc(OC)cc(C(=O)N2CCC(NC(=O)C3CC3)CC2)c1. The second-order valence-electron chi connectivity index (χ2n) is 6.45. The van der Waals surface area contributed by atoms with Crippen LogP contribution in [0.2, 0.25) is 0 Å². The standard InChI is InChI=1S/C18H24N2O4/c1-23-15-9-13(10-16(11-15)24-2)18(22)20-7-5-14(6-8-20)19-17(21)12-3-4-12/h9-12,14H,3-8H2,1-2H3,(H,19,21). The Morgan fingerprint density at radius 2 is 1.58 bits per heavy atom. The molecule has 2 amide bonds. The predicted octanol–water partition coefficient (Wildman–Crippen LogP) is 1.83. The first kappa shape index (κ1) is 16.6. The summed E-state index contributed by atoms with van der Waals surface area (Å²) in [5.74, 6) is 1.58. The predicted molar refractivity (Wildman–Crippen MR) is 89.3 cm³/mol. The van der Waals surface area contributed by atoms with E-state index in [2.05, 4.69) is 5.32 Å². The highest BCUT2D eigenvalue weighted by Crippen LogP contribution is 2.29. The molecule has 24 heavy (non-hydrogen) atoms. The van der Waals surface area contributed by atoms with Crippen molar-refractivity contribution in [3.8, 4) is 11.5 Å². The number of hydrogen-bond donors (Lipinski definition) is 1. The number of nitrogens with one attached hydrogen (secondary N) is 1. The molecular weight excluding hydrogens is 308 g/mol. The number of piperidine rings is 1. The monoisotopic (exact) mass is 332 g/mol. The van der Waals surface area contributed by atoms with Crippen molar-refractivity contribution in [1.82, 2.24) is 10.2 Å².